The molecule has 1 aliphatic heterocycles. The normalized spacial score (nSPS) is 17.7. The van der Waals surface area contributed by atoms with Crippen LogP contribution in [0.3, 0.4) is 0 Å². The molecule has 3 heterocycles. The maximum Gasteiger partial charge on any atom is 0.295 e. The molecule has 1 saturated heterocycles. The molecule has 2 aromatic heterocycles. The van der Waals surface area contributed by atoms with E-state index in [4.69, 9.17) is 4.74 Å². The second kappa shape index (κ2) is 8.93. The molecule has 1 atom stereocenters. The number of aromatic nitrogens is 4. The van der Waals surface area contributed by atoms with E-state index >= 15 is 0 Å². The summed E-state index contributed by atoms with van der Waals surface area (Å²) in [5.41, 5.74) is 2.58. The van der Waals surface area contributed by atoms with E-state index in [-0.39, 0.29) is 11.3 Å². The minimum Gasteiger partial charge on any atom is -0.507 e. The second-order valence-corrected chi connectivity index (χ2v) is 8.09. The molecule has 0 bridgehead atoms. The maximum atomic E-state index is 13.2. The lowest BCUT2D eigenvalue weighted by Gasteiger charge is -2.25. The number of benzene rings is 1. The van der Waals surface area contributed by atoms with Gasteiger partial charge in [-0.2, -0.15) is 5.10 Å². The average molecular weight is 450 g/mol. The van der Waals surface area contributed by atoms with Crippen molar-refractivity contribution in [1.29, 1.82) is 0 Å². The van der Waals surface area contributed by atoms with Gasteiger partial charge in [-0.25, -0.2) is 4.98 Å². The van der Waals surface area contributed by atoms with Gasteiger partial charge in [0.2, 0.25) is 0 Å². The summed E-state index contributed by atoms with van der Waals surface area (Å²) in [6.45, 7) is 4.59. The largest absolute Gasteiger partial charge is 0.507 e. The molecule has 9 heteroatoms. The first kappa shape index (κ1) is 22.3. The molecule has 33 heavy (non-hydrogen) atoms. The third-order valence-electron chi connectivity index (χ3n) is 6.09. The Kier molecular flexibility index (Phi) is 6.04. The number of ketones is 1. The Morgan fingerprint density at radius 3 is 2.45 bits per heavy atom. The van der Waals surface area contributed by atoms with Crippen molar-refractivity contribution in [3.8, 4) is 5.75 Å². The molecule has 172 valence electrons. The van der Waals surface area contributed by atoms with E-state index in [2.05, 4.69) is 10.1 Å². The summed E-state index contributed by atoms with van der Waals surface area (Å²) in [4.78, 5) is 31.8. The summed E-state index contributed by atoms with van der Waals surface area (Å²) >= 11 is 0. The Labute approximate surface area is 191 Å². The number of Topliss-reactive ketones (excluding diaryl/α,β-unsaturated/α-hetero) is 1. The number of amides is 1. The van der Waals surface area contributed by atoms with Gasteiger partial charge in [-0.1, -0.05) is 12.1 Å². The Morgan fingerprint density at radius 2 is 1.88 bits per heavy atom. The zero-order valence-electron chi connectivity index (χ0n) is 19.1. The van der Waals surface area contributed by atoms with Crippen molar-refractivity contribution >= 4 is 17.4 Å². The fraction of sp³-hybridized carbons (Fsp3) is 0.333. The van der Waals surface area contributed by atoms with Crippen molar-refractivity contribution in [2.45, 2.75) is 32.9 Å². The van der Waals surface area contributed by atoms with Crippen LogP contribution in [0, 0.1) is 13.8 Å². The number of rotatable bonds is 7. The van der Waals surface area contributed by atoms with Crippen molar-refractivity contribution in [3.63, 3.8) is 0 Å². The van der Waals surface area contributed by atoms with E-state index < -0.39 is 17.7 Å². The first-order chi connectivity index (χ1) is 15.8. The molecule has 1 amide bonds. The van der Waals surface area contributed by atoms with Gasteiger partial charge in [-0.15, -0.1) is 0 Å². The van der Waals surface area contributed by atoms with Crippen LogP contribution in [0.1, 0.15) is 35.0 Å². The number of ether oxygens (including phenoxy) is 1. The van der Waals surface area contributed by atoms with Gasteiger partial charge in [-0.05, 0) is 38.0 Å². The predicted molar refractivity (Wildman–Crippen MR) is 122 cm³/mol. The lowest BCUT2D eigenvalue weighted by molar-refractivity contribution is -0.139. The van der Waals surface area contributed by atoms with Crippen LogP contribution in [0.25, 0.3) is 5.76 Å². The third-order valence-corrected chi connectivity index (χ3v) is 6.09. The van der Waals surface area contributed by atoms with Crippen LogP contribution in [0.5, 0.6) is 5.75 Å². The number of nitrogens with zero attached hydrogens (tertiary/aromatic N) is 5. The number of aryl methyl sites for hydroxylation is 3. The molecule has 9 nitrogen and oxygen atoms in total. The van der Waals surface area contributed by atoms with Crippen LogP contribution in [-0.2, 0) is 23.2 Å². The SMILES string of the molecule is COc1ccc([C@H]2C(=C(O)c3c(C)nn(C)c3C)C(=O)C(=O)N2CCCn2ccnc2)cc1. The molecule has 1 aromatic carbocycles. The number of likely N-dealkylation sites (tertiary alicyclic amines) is 1. The molecular weight excluding hydrogens is 422 g/mol. The highest BCUT2D eigenvalue weighted by Crippen LogP contribution is 2.40. The summed E-state index contributed by atoms with van der Waals surface area (Å²) in [7, 11) is 3.35. The molecule has 3 aromatic rings. The van der Waals surface area contributed by atoms with Crippen molar-refractivity contribution in [1.82, 2.24) is 24.2 Å². The Balaban J connectivity index is 1.77. The molecule has 1 aliphatic rings. The summed E-state index contributed by atoms with van der Waals surface area (Å²) in [6.07, 6.45) is 5.88. The van der Waals surface area contributed by atoms with Crippen LogP contribution < -0.4 is 4.74 Å². The van der Waals surface area contributed by atoms with Crippen molar-refractivity contribution in [2.75, 3.05) is 13.7 Å². The number of imidazole rings is 1. The molecule has 4 rings (SSSR count). The van der Waals surface area contributed by atoms with E-state index in [0.29, 0.717) is 42.2 Å². The van der Waals surface area contributed by atoms with Crippen LogP contribution in [0.15, 0.2) is 48.6 Å². The molecule has 0 aliphatic carbocycles. The Morgan fingerprint density at radius 1 is 1.15 bits per heavy atom. The molecular formula is C24H27N5O4. The van der Waals surface area contributed by atoms with E-state index in [0.717, 1.165) is 5.56 Å². The molecule has 0 saturated carbocycles. The zero-order chi connectivity index (χ0) is 23.7. The van der Waals surface area contributed by atoms with Crippen molar-refractivity contribution in [2.24, 2.45) is 7.05 Å². The molecule has 0 spiro atoms. The first-order valence-electron chi connectivity index (χ1n) is 10.7. The minimum absolute atomic E-state index is 0.0759. The second-order valence-electron chi connectivity index (χ2n) is 8.09. The van der Waals surface area contributed by atoms with Crippen LogP contribution in [-0.4, -0.2) is 54.7 Å². The maximum absolute atomic E-state index is 13.2. The summed E-state index contributed by atoms with van der Waals surface area (Å²) in [6, 6.07) is 6.48. The number of hydrogen-bond acceptors (Lipinski definition) is 6. The fourth-order valence-corrected chi connectivity index (χ4v) is 4.34. The minimum atomic E-state index is -0.710. The van der Waals surface area contributed by atoms with Crippen LogP contribution in [0.2, 0.25) is 0 Å². The molecule has 0 radical (unpaired) electrons. The van der Waals surface area contributed by atoms with Gasteiger partial charge in [-0.3, -0.25) is 14.3 Å². The lowest BCUT2D eigenvalue weighted by atomic mass is 9.94. The summed E-state index contributed by atoms with van der Waals surface area (Å²) in [5.74, 6) is -0.857. The standard InChI is InChI=1S/C24H27N5O4/c1-15-19(16(2)27(3)26-15)22(30)20-21(17-6-8-18(33-4)9-7-17)29(24(32)23(20)31)12-5-11-28-13-10-25-14-28/h6-10,13-14,21,30H,5,11-12H2,1-4H3/t21-/m0/s1. The highest BCUT2D eigenvalue weighted by molar-refractivity contribution is 6.46. The highest BCUT2D eigenvalue weighted by Gasteiger charge is 2.46. The molecule has 0 unspecified atom stereocenters. The zero-order valence-corrected chi connectivity index (χ0v) is 19.1. The van der Waals surface area contributed by atoms with E-state index in [1.807, 2.05) is 29.8 Å². The monoisotopic (exact) mass is 449 g/mol. The van der Waals surface area contributed by atoms with Gasteiger partial charge in [0.05, 0.1) is 36.3 Å². The van der Waals surface area contributed by atoms with Crippen LogP contribution in [0.4, 0.5) is 0 Å². The number of carbonyl (C=O) groups excluding carboxylic acids is 2. The highest BCUT2D eigenvalue weighted by atomic mass is 16.5. The van der Waals surface area contributed by atoms with Gasteiger partial charge >= 0.3 is 0 Å². The Hall–Kier alpha value is -3.88. The summed E-state index contributed by atoms with van der Waals surface area (Å²) in [5, 5.41) is 15.7. The number of aliphatic hydroxyl groups excluding tert-OH is 1. The predicted octanol–water partition coefficient (Wildman–Crippen LogP) is 2.75. The number of carbonyl (C=O) groups is 2. The number of hydrogen-bond donors (Lipinski definition) is 1. The number of aliphatic hydroxyl groups is 1. The quantitative estimate of drug-likeness (QED) is 0.338. The van der Waals surface area contributed by atoms with Crippen molar-refractivity contribution < 1.29 is 19.4 Å². The lowest BCUT2D eigenvalue weighted by Crippen LogP contribution is -2.31. The van der Waals surface area contributed by atoms with Gasteiger partial charge in [0.1, 0.15) is 11.5 Å². The first-order valence-corrected chi connectivity index (χ1v) is 10.7. The van der Waals surface area contributed by atoms with Crippen LogP contribution >= 0.6 is 0 Å². The van der Waals surface area contributed by atoms with E-state index in [9.17, 15) is 14.7 Å². The average Bonchev–Trinajstić information content (AvgIpc) is 3.47. The fourth-order valence-electron chi connectivity index (χ4n) is 4.34. The third kappa shape index (κ3) is 4.02. The van der Waals surface area contributed by atoms with Crippen molar-refractivity contribution in [3.05, 3.63) is 71.1 Å². The smallest absolute Gasteiger partial charge is 0.295 e. The summed E-state index contributed by atoms with van der Waals surface area (Å²) < 4.78 is 8.82. The van der Waals surface area contributed by atoms with Gasteiger partial charge in [0, 0.05) is 38.2 Å². The van der Waals surface area contributed by atoms with Gasteiger partial charge < -0.3 is 19.3 Å². The van der Waals surface area contributed by atoms with E-state index in [1.54, 1.807) is 50.4 Å². The molecule has 1 fully saturated rings. The van der Waals surface area contributed by atoms with Gasteiger partial charge in [0.25, 0.3) is 11.7 Å². The molecule has 1 N–H and O–H groups in total. The Bertz CT molecular complexity index is 1210. The van der Waals surface area contributed by atoms with Gasteiger partial charge in [0.15, 0.2) is 0 Å². The van der Waals surface area contributed by atoms with E-state index in [1.165, 1.54) is 4.90 Å². The number of methoxy groups -OCH3 is 1. The topological polar surface area (TPSA) is 102 Å².